The number of rotatable bonds is 8. The van der Waals surface area contributed by atoms with Crippen molar-refractivity contribution in [2.24, 2.45) is 0 Å². The summed E-state index contributed by atoms with van der Waals surface area (Å²) in [4.78, 5) is 7.52. The monoisotopic (exact) mass is 1050 g/mol. The third kappa shape index (κ3) is 6.49. The summed E-state index contributed by atoms with van der Waals surface area (Å²) in [6.07, 6.45) is 4.77. The van der Waals surface area contributed by atoms with Gasteiger partial charge in [0.25, 0.3) is 0 Å². The van der Waals surface area contributed by atoms with Gasteiger partial charge in [-0.2, -0.15) is 0 Å². The van der Waals surface area contributed by atoms with Gasteiger partial charge in [-0.05, 0) is 18.1 Å². The molecule has 11 aromatic rings. The van der Waals surface area contributed by atoms with Crippen molar-refractivity contribution < 1.29 is 30.9 Å². The Balaban J connectivity index is 0.943. The summed E-state index contributed by atoms with van der Waals surface area (Å²) in [5.74, 6) is 1.97. The van der Waals surface area contributed by atoms with Crippen molar-refractivity contribution in [3.63, 3.8) is 0 Å². The number of hydrogen-bond donors (Lipinski definition) is 0. The normalized spacial score (nSPS) is 14.3. The molecule has 67 heavy (non-hydrogen) atoms. The van der Waals surface area contributed by atoms with Crippen LogP contribution in [0, 0.1) is 10.7 Å². The molecule has 0 atom stereocenters. The zero-order valence-electron chi connectivity index (χ0n) is 41.6. The molecule has 0 amide bonds. The Labute approximate surface area is 407 Å². The van der Waals surface area contributed by atoms with E-state index in [1.807, 2.05) is 43.3 Å². The van der Waals surface area contributed by atoms with E-state index < -0.39 is 6.04 Å². The van der Waals surface area contributed by atoms with E-state index in [-0.39, 0.29) is 29.7 Å². The average Bonchev–Trinajstić information content (AvgIpc) is 4.08. The summed E-state index contributed by atoms with van der Waals surface area (Å²) in [6.45, 7) is 4.00. The minimum Gasteiger partial charge on any atom is -0.0616 e. The van der Waals surface area contributed by atoms with Gasteiger partial charge in [-0.1, -0.05) is 42.3 Å². The summed E-state index contributed by atoms with van der Waals surface area (Å²) in [7, 11) is 0. The smallest absolute Gasteiger partial charge is 0.0616 e. The fourth-order valence-corrected chi connectivity index (χ4v) is 11.8. The van der Waals surface area contributed by atoms with E-state index in [1.165, 1.54) is 44.8 Å². The molecule has 5 heterocycles. The first-order valence-electron chi connectivity index (χ1n) is 25.3. The van der Waals surface area contributed by atoms with Crippen LogP contribution in [0.25, 0.3) is 83.4 Å². The predicted octanol–water partition coefficient (Wildman–Crippen LogP) is 14.4. The molecule has 0 saturated carbocycles. The second-order valence-electron chi connectivity index (χ2n) is 17.4. The van der Waals surface area contributed by atoms with E-state index in [4.69, 9.17) is 16.6 Å². The minimum absolute atomic E-state index is 0.133. The number of nitrogens with zero attached hydrogens (tertiary/aromatic N) is 5. The van der Waals surface area contributed by atoms with Gasteiger partial charge in [-0.3, -0.25) is 0 Å². The molecule has 3 aromatic heterocycles. The van der Waals surface area contributed by atoms with Crippen LogP contribution in [-0.4, -0.2) is 31.8 Å². The maximum atomic E-state index is 8.63. The Morgan fingerprint density at radius 1 is 0.552 bits per heavy atom. The number of aryl methyl sites for hydroxylation is 1. The molecule has 0 aliphatic carbocycles. The SMILES string of the molecule is [2H]c1c([2H])c([2H])c(-c2cnc(-n3c4ccccc4c4ccc(Oc5cccc(-n6[c](=[Pt])n(-c7c(-c8ccccc8)c8c9c(c7-c7ccccc7)CCN9CCC8)c7ccccc76)c5)cc43)cc2C)c([2H])c1[2H]. The molecular formula is C60H45N5OPt. The topological polar surface area (TPSA) is 40.1 Å². The van der Waals surface area contributed by atoms with Crippen molar-refractivity contribution in [2.75, 3.05) is 18.0 Å². The molecule has 0 unspecified atom stereocenters. The van der Waals surface area contributed by atoms with Crippen LogP contribution in [0.1, 0.15) is 30.0 Å². The number of ether oxygens (including phenoxy) is 1. The zero-order valence-corrected chi connectivity index (χ0v) is 38.9. The van der Waals surface area contributed by atoms with Gasteiger partial charge in [0.1, 0.15) is 0 Å². The van der Waals surface area contributed by atoms with Gasteiger partial charge in [0, 0.05) is 11.8 Å². The summed E-state index contributed by atoms with van der Waals surface area (Å²) < 4.78 is 56.8. The van der Waals surface area contributed by atoms with E-state index >= 15 is 0 Å². The third-order valence-corrected chi connectivity index (χ3v) is 14.6. The van der Waals surface area contributed by atoms with Crippen LogP contribution in [0.5, 0.6) is 11.5 Å². The Morgan fingerprint density at radius 2 is 1.21 bits per heavy atom. The Morgan fingerprint density at radius 3 is 1.96 bits per heavy atom. The summed E-state index contributed by atoms with van der Waals surface area (Å²) in [5.41, 5.74) is 16.9. The number of anilines is 1. The predicted molar refractivity (Wildman–Crippen MR) is 270 cm³/mol. The van der Waals surface area contributed by atoms with Gasteiger partial charge in [0.15, 0.2) is 0 Å². The zero-order chi connectivity index (χ0) is 48.9. The molecule has 0 saturated heterocycles. The first kappa shape index (κ1) is 34.8. The molecular weight excluding hydrogens is 1000 g/mol. The summed E-state index contributed by atoms with van der Waals surface area (Å²) in [5, 5.41) is 2.07. The van der Waals surface area contributed by atoms with E-state index in [1.54, 1.807) is 6.20 Å². The summed E-state index contributed by atoms with van der Waals surface area (Å²) >= 11 is 2.54. The molecule has 326 valence electrons. The number of para-hydroxylation sites is 3. The molecule has 0 N–H and O–H groups in total. The standard InChI is InChI=1S/C60H45N5O.Pt/c1-40-35-56(61-38-51(40)41-17-5-2-6-18-41)65-52-27-12-11-25-47(52)48-31-30-46(37-55(48)65)66-45-24-15-23-44(36-45)63-39-64(54-29-14-13-28-53(54)63)60-57(42-19-7-3-8-20-42)49-26-16-33-62-34-32-50(59(49)62)58(60)43-21-9-4-10-22-43;/h2-15,17-25,27-31,35-38H,16,26,32-34H2,1H3;/i2D,5D,6D,17D,18D;. The fourth-order valence-electron chi connectivity index (χ4n) is 10.7. The second kappa shape index (κ2) is 16.1. The molecule has 7 heteroatoms. The van der Waals surface area contributed by atoms with Gasteiger partial charge in [-0.25, -0.2) is 0 Å². The average molecular weight is 1050 g/mol. The molecule has 6 nitrogen and oxygen atoms in total. The molecule has 0 radical (unpaired) electrons. The van der Waals surface area contributed by atoms with Crippen molar-refractivity contribution in [3.8, 4) is 62.1 Å². The van der Waals surface area contributed by atoms with E-state index in [9.17, 15) is 0 Å². The van der Waals surface area contributed by atoms with Crippen LogP contribution < -0.4 is 9.64 Å². The van der Waals surface area contributed by atoms with Gasteiger partial charge in [-0.15, -0.1) is 0 Å². The first-order chi connectivity index (χ1) is 35.2. The van der Waals surface area contributed by atoms with Crippen molar-refractivity contribution >= 4 is 38.5 Å². The fraction of sp³-hybridized carbons (Fsp3) is 0.100. The van der Waals surface area contributed by atoms with Crippen molar-refractivity contribution in [2.45, 2.75) is 26.2 Å². The molecule has 0 bridgehead atoms. The van der Waals surface area contributed by atoms with E-state index in [0.29, 0.717) is 22.9 Å². The second-order valence-corrected chi connectivity index (χ2v) is 18.4. The van der Waals surface area contributed by atoms with Crippen LogP contribution in [0.3, 0.4) is 0 Å². The number of pyridine rings is 1. The van der Waals surface area contributed by atoms with Crippen molar-refractivity contribution in [1.82, 2.24) is 18.7 Å². The van der Waals surface area contributed by atoms with E-state index in [0.717, 1.165) is 80.2 Å². The maximum absolute atomic E-state index is 8.63. The van der Waals surface area contributed by atoms with Gasteiger partial charge < -0.3 is 0 Å². The number of aromatic nitrogens is 4. The van der Waals surface area contributed by atoms with Gasteiger partial charge >= 0.3 is 330 Å². The number of fused-ring (bicyclic) bond motifs is 4. The van der Waals surface area contributed by atoms with Crippen molar-refractivity contribution in [3.05, 3.63) is 215 Å². The van der Waals surface area contributed by atoms with Crippen molar-refractivity contribution in [1.29, 1.82) is 0 Å². The van der Waals surface area contributed by atoms with Crippen LogP contribution in [0.4, 0.5) is 5.69 Å². The van der Waals surface area contributed by atoms with Crippen LogP contribution >= 0.6 is 0 Å². The molecule has 8 aromatic carbocycles. The minimum atomic E-state index is -0.423. The summed E-state index contributed by atoms with van der Waals surface area (Å²) in [6, 6.07) is 53.5. The van der Waals surface area contributed by atoms with E-state index in [2.05, 4.69) is 159 Å². The van der Waals surface area contributed by atoms with Gasteiger partial charge in [0.05, 0.1) is 6.85 Å². The third-order valence-electron chi connectivity index (χ3n) is 13.6. The molecule has 2 aliphatic heterocycles. The number of hydrogen-bond acceptors (Lipinski definition) is 3. The molecule has 2 aliphatic rings. The van der Waals surface area contributed by atoms with Crippen LogP contribution in [0.2, 0.25) is 0 Å². The first-order valence-corrected chi connectivity index (χ1v) is 23.9. The Hall–Kier alpha value is -7.53. The number of imidazole rings is 1. The molecule has 0 spiro atoms. The number of benzene rings is 8. The van der Waals surface area contributed by atoms with Crippen LogP contribution in [-0.2, 0) is 32.2 Å². The van der Waals surface area contributed by atoms with Gasteiger partial charge in [0.2, 0.25) is 0 Å². The quantitative estimate of drug-likeness (QED) is 0.152. The Kier molecular flexibility index (Phi) is 8.36. The molecule has 13 rings (SSSR count). The Bertz CT molecular complexity index is 4080. The van der Waals surface area contributed by atoms with Crippen LogP contribution in [0.15, 0.2) is 194 Å². The molecule has 0 fully saturated rings.